The molecule has 0 radical (unpaired) electrons. The number of benzene rings is 2. The second-order valence-corrected chi connectivity index (χ2v) is 8.82. The first-order valence-electron chi connectivity index (χ1n) is 8.32. The Labute approximate surface area is 170 Å². The number of hydrogen-bond donors (Lipinski definition) is 1. The molecule has 4 rings (SSSR count). The number of halogens is 2. The van der Waals surface area contributed by atoms with E-state index in [0.717, 1.165) is 49.7 Å². The molecule has 0 saturated carbocycles. The molecule has 2 aliphatic rings. The maximum absolute atomic E-state index is 11.4. The van der Waals surface area contributed by atoms with Gasteiger partial charge in [-0.15, -0.1) is 0 Å². The van der Waals surface area contributed by atoms with Gasteiger partial charge in [-0.1, -0.05) is 12.1 Å². The van der Waals surface area contributed by atoms with Crippen LogP contribution in [0.3, 0.4) is 0 Å². The average molecular weight is 546 g/mol. The van der Waals surface area contributed by atoms with E-state index >= 15 is 0 Å². The van der Waals surface area contributed by atoms with Gasteiger partial charge in [0.15, 0.2) is 5.78 Å². The molecule has 0 spiro atoms. The predicted octanol–water partition coefficient (Wildman–Crippen LogP) is 5.47. The van der Waals surface area contributed by atoms with Gasteiger partial charge in [-0.2, -0.15) is 0 Å². The Bertz CT molecular complexity index is 755. The van der Waals surface area contributed by atoms with Crippen molar-refractivity contribution in [3.8, 4) is 0 Å². The summed E-state index contributed by atoms with van der Waals surface area (Å²) in [5, 5.41) is 9.65. The fraction of sp³-hybridized carbons (Fsp3) is 0.350. The van der Waals surface area contributed by atoms with Gasteiger partial charge in [0.05, 0.1) is 6.10 Å². The number of aryl methyl sites for hydroxylation is 2. The molecule has 2 aromatic rings. The number of carbonyl (C=O) groups is 1. The number of hydrogen-bond acceptors (Lipinski definition) is 2. The molecule has 0 aliphatic heterocycles. The minimum absolute atomic E-state index is 0.217. The summed E-state index contributed by atoms with van der Waals surface area (Å²) in [7, 11) is 0. The lowest BCUT2D eigenvalue weighted by Gasteiger charge is -2.21. The quantitative estimate of drug-likeness (QED) is 0.446. The van der Waals surface area contributed by atoms with E-state index in [9.17, 15) is 9.90 Å². The lowest BCUT2D eigenvalue weighted by molar-refractivity contribution is 0.0972. The fourth-order valence-corrected chi connectivity index (χ4v) is 4.48. The molecule has 2 aromatic carbocycles. The molecule has 0 saturated heterocycles. The van der Waals surface area contributed by atoms with Crippen LogP contribution in [-0.2, 0) is 12.8 Å². The van der Waals surface area contributed by atoms with Gasteiger partial charge in [-0.05, 0) is 118 Å². The van der Waals surface area contributed by atoms with Crippen LogP contribution in [0.2, 0.25) is 0 Å². The fourth-order valence-electron chi connectivity index (χ4n) is 3.37. The number of fused-ring (bicyclic) bond motifs is 2. The Morgan fingerprint density at radius 1 is 0.875 bits per heavy atom. The monoisotopic (exact) mass is 546 g/mol. The van der Waals surface area contributed by atoms with Gasteiger partial charge in [0.25, 0.3) is 0 Å². The summed E-state index contributed by atoms with van der Waals surface area (Å²) in [6, 6.07) is 12.4. The topological polar surface area (TPSA) is 37.3 Å². The highest BCUT2D eigenvalue weighted by atomic mass is 127. The van der Waals surface area contributed by atoms with Crippen molar-refractivity contribution in [2.24, 2.45) is 0 Å². The normalized spacial score (nSPS) is 19.0. The first-order chi connectivity index (χ1) is 11.5. The molecule has 126 valence electrons. The van der Waals surface area contributed by atoms with E-state index in [1.54, 1.807) is 0 Å². The number of carbonyl (C=O) groups excluding carboxylic acids is 1. The Hall–Kier alpha value is -0.470. The van der Waals surface area contributed by atoms with E-state index in [1.165, 1.54) is 18.3 Å². The van der Waals surface area contributed by atoms with Crippen molar-refractivity contribution < 1.29 is 9.90 Å². The minimum atomic E-state index is -0.217. The highest BCUT2D eigenvalue weighted by Crippen LogP contribution is 2.30. The van der Waals surface area contributed by atoms with Crippen LogP contribution in [-0.4, -0.2) is 10.9 Å². The molecule has 0 heterocycles. The summed E-state index contributed by atoms with van der Waals surface area (Å²) in [5.41, 5.74) is 4.65. The van der Waals surface area contributed by atoms with Crippen LogP contribution in [0, 0.1) is 7.14 Å². The zero-order valence-corrected chi connectivity index (χ0v) is 17.7. The summed E-state index contributed by atoms with van der Waals surface area (Å²) in [6.07, 6.45) is 5.77. The van der Waals surface area contributed by atoms with E-state index in [2.05, 4.69) is 69.4 Å². The summed E-state index contributed by atoms with van der Waals surface area (Å²) >= 11 is 4.59. The predicted molar refractivity (Wildman–Crippen MR) is 113 cm³/mol. The summed E-state index contributed by atoms with van der Waals surface area (Å²) in [4.78, 5) is 11.4. The lowest BCUT2D eigenvalue weighted by atomic mass is 9.90. The highest BCUT2D eigenvalue weighted by molar-refractivity contribution is 14.1. The van der Waals surface area contributed by atoms with E-state index in [1.807, 2.05) is 12.1 Å². The van der Waals surface area contributed by atoms with Crippen molar-refractivity contribution in [2.75, 3.05) is 0 Å². The summed E-state index contributed by atoms with van der Waals surface area (Å²) < 4.78 is 2.49. The van der Waals surface area contributed by atoms with Crippen LogP contribution in [0.5, 0.6) is 0 Å². The molecule has 0 aromatic heterocycles. The Morgan fingerprint density at radius 3 is 2.33 bits per heavy atom. The molecule has 24 heavy (non-hydrogen) atoms. The Kier molecular flexibility index (Phi) is 6.32. The zero-order valence-electron chi connectivity index (χ0n) is 13.4. The van der Waals surface area contributed by atoms with Crippen molar-refractivity contribution in [3.05, 3.63) is 65.8 Å². The largest absolute Gasteiger partial charge is 0.388 e. The van der Waals surface area contributed by atoms with Crippen LogP contribution in [0.4, 0.5) is 0 Å². The SMILES string of the molecule is O=C1CCCc2cc(I)ccc21.O[C@H]1CCCc2cc(I)ccc21. The maximum Gasteiger partial charge on any atom is 0.163 e. The van der Waals surface area contributed by atoms with Crippen molar-refractivity contribution in [3.63, 3.8) is 0 Å². The molecule has 0 amide bonds. The molecule has 1 atom stereocenters. The standard InChI is InChI=1S/C10H11IO.C10H9IO/c2*11-8-4-5-9-7(6-8)2-1-3-10(9)12/h4-6,10,12H,1-3H2;4-6H,1-3H2/t10-;/m0./s1. The first-order valence-corrected chi connectivity index (χ1v) is 10.5. The van der Waals surface area contributed by atoms with Crippen molar-refractivity contribution in [1.29, 1.82) is 0 Å². The first kappa shape index (κ1) is 18.3. The number of rotatable bonds is 0. The molecular formula is C20H20I2O2. The van der Waals surface area contributed by atoms with Gasteiger partial charge in [-0.3, -0.25) is 4.79 Å². The van der Waals surface area contributed by atoms with Crippen molar-refractivity contribution in [2.45, 2.75) is 44.6 Å². The maximum atomic E-state index is 11.4. The van der Waals surface area contributed by atoms with Gasteiger partial charge < -0.3 is 5.11 Å². The summed E-state index contributed by atoms with van der Waals surface area (Å²) in [5.74, 6) is 0.313. The molecule has 2 nitrogen and oxygen atoms in total. The van der Waals surface area contributed by atoms with E-state index in [4.69, 9.17) is 0 Å². The molecule has 1 N–H and O–H groups in total. The number of Topliss-reactive ketones (excluding diaryl/α,β-unsaturated/α-hetero) is 1. The van der Waals surface area contributed by atoms with Crippen molar-refractivity contribution in [1.82, 2.24) is 0 Å². The van der Waals surface area contributed by atoms with Crippen LogP contribution in [0.25, 0.3) is 0 Å². The van der Waals surface area contributed by atoms with Crippen LogP contribution < -0.4 is 0 Å². The van der Waals surface area contributed by atoms with Gasteiger partial charge in [-0.25, -0.2) is 0 Å². The third-order valence-electron chi connectivity index (χ3n) is 4.61. The molecular weight excluding hydrogens is 526 g/mol. The van der Waals surface area contributed by atoms with Crippen LogP contribution in [0.15, 0.2) is 36.4 Å². The lowest BCUT2D eigenvalue weighted by Crippen LogP contribution is -2.10. The second kappa shape index (κ2) is 8.27. The van der Waals surface area contributed by atoms with E-state index in [0.29, 0.717) is 5.78 Å². The molecule has 0 unspecified atom stereocenters. The molecule has 2 aliphatic carbocycles. The van der Waals surface area contributed by atoms with E-state index in [-0.39, 0.29) is 6.10 Å². The van der Waals surface area contributed by atoms with Gasteiger partial charge in [0, 0.05) is 19.1 Å². The summed E-state index contributed by atoms with van der Waals surface area (Å²) in [6.45, 7) is 0. The Morgan fingerprint density at radius 2 is 1.54 bits per heavy atom. The van der Waals surface area contributed by atoms with Crippen LogP contribution >= 0.6 is 45.2 Å². The molecule has 4 heteroatoms. The second-order valence-electron chi connectivity index (χ2n) is 6.33. The zero-order chi connectivity index (χ0) is 17.1. The number of aliphatic hydroxyl groups excluding tert-OH is 1. The number of ketones is 1. The third-order valence-corrected chi connectivity index (χ3v) is 5.95. The molecule has 0 bridgehead atoms. The Balaban J connectivity index is 0.000000141. The minimum Gasteiger partial charge on any atom is -0.388 e. The van der Waals surface area contributed by atoms with Gasteiger partial charge in [0.2, 0.25) is 0 Å². The molecule has 0 fully saturated rings. The average Bonchev–Trinajstić information content (AvgIpc) is 2.55. The van der Waals surface area contributed by atoms with Gasteiger partial charge >= 0.3 is 0 Å². The third kappa shape index (κ3) is 4.38. The van der Waals surface area contributed by atoms with Crippen molar-refractivity contribution >= 4 is 51.0 Å². The van der Waals surface area contributed by atoms with E-state index < -0.39 is 0 Å². The van der Waals surface area contributed by atoms with Gasteiger partial charge in [0.1, 0.15) is 0 Å². The smallest absolute Gasteiger partial charge is 0.163 e. The highest BCUT2D eigenvalue weighted by Gasteiger charge is 2.17. The van der Waals surface area contributed by atoms with Crippen LogP contribution in [0.1, 0.15) is 58.8 Å². The number of aliphatic hydroxyl groups is 1.